The molecule has 10 rings (SSSR count). The van der Waals surface area contributed by atoms with E-state index in [1.54, 1.807) is 31.5 Å². The lowest BCUT2D eigenvalue weighted by molar-refractivity contribution is -0.133. The Kier molecular flexibility index (Phi) is 8.81. The number of hydrogen-bond acceptors (Lipinski definition) is 7. The third-order valence-corrected chi connectivity index (χ3v) is 12.8. The number of methoxy groups -OCH3 is 1. The fourth-order valence-electron chi connectivity index (χ4n) is 8.90. The summed E-state index contributed by atoms with van der Waals surface area (Å²) >= 11 is 16.6. The van der Waals surface area contributed by atoms with Gasteiger partial charge < -0.3 is 24.3 Å². The number of hydrogen-bond donors (Lipinski definition) is 1. The maximum absolute atomic E-state index is 17.2. The average molecular weight is 819 g/mol. The van der Waals surface area contributed by atoms with Crippen LogP contribution < -0.4 is 14.8 Å². The second kappa shape index (κ2) is 13.4. The molecule has 53 heavy (non-hydrogen) atoms. The summed E-state index contributed by atoms with van der Waals surface area (Å²) in [6.07, 6.45) is 5.24. The number of carbonyl (C=O) groups excluding carboxylic acids is 1. The molecule has 5 fully saturated rings. The summed E-state index contributed by atoms with van der Waals surface area (Å²) in [5.41, 5.74) is 4.26. The molecule has 2 aliphatic carbocycles. The highest BCUT2D eigenvalue weighted by molar-refractivity contribution is 9.10. The molecule has 5 unspecified atom stereocenters. The summed E-state index contributed by atoms with van der Waals surface area (Å²) < 4.78 is 32.5. The van der Waals surface area contributed by atoms with Crippen molar-refractivity contribution in [3.63, 3.8) is 0 Å². The van der Waals surface area contributed by atoms with E-state index in [0.717, 1.165) is 46.9 Å². The largest absolute Gasteiger partial charge is 0.483 e. The molecule has 2 saturated carbocycles. The number of nitrogens with one attached hydrogen (secondary N) is 1. The summed E-state index contributed by atoms with van der Waals surface area (Å²) in [6.45, 7) is 3.23. The van der Waals surface area contributed by atoms with Crippen LogP contribution in [0.2, 0.25) is 10.0 Å². The van der Waals surface area contributed by atoms with Crippen molar-refractivity contribution >= 4 is 66.8 Å². The molecule has 1 amide bonds. The minimum atomic E-state index is -0.495. The molecule has 272 valence electrons. The van der Waals surface area contributed by atoms with Crippen molar-refractivity contribution in [3.8, 4) is 28.8 Å². The van der Waals surface area contributed by atoms with Gasteiger partial charge in [-0.05, 0) is 78.2 Å². The van der Waals surface area contributed by atoms with Crippen molar-refractivity contribution in [3.05, 3.63) is 79.9 Å². The summed E-state index contributed by atoms with van der Waals surface area (Å²) in [6, 6.07) is 13.5. The second-order valence-corrected chi connectivity index (χ2v) is 16.4. The number of aryl methyl sites for hydroxylation is 2. The summed E-state index contributed by atoms with van der Waals surface area (Å²) in [5.74, 6) is 0.933. The Morgan fingerprint density at radius 3 is 2.74 bits per heavy atom. The number of amides is 1. The van der Waals surface area contributed by atoms with E-state index >= 15 is 4.39 Å². The Bertz CT molecular complexity index is 2360. The Hall–Kier alpha value is -3.95. The first-order valence-electron chi connectivity index (χ1n) is 18.0. The SMILES string of the molecule is COc1ncc(Br)cc1OC1CC(c2cc3c(C)nc4c(F)c(-c5cccc(Cl)c5Cl)c(CCC#N)cc4c3n2C2C3CNC2C3)N(C(=O)C2CC2)C1. The molecule has 5 aromatic rings. The lowest BCUT2D eigenvalue weighted by Crippen LogP contribution is -2.41. The minimum Gasteiger partial charge on any atom is -0.483 e. The molecule has 5 atom stereocenters. The highest BCUT2D eigenvalue weighted by Gasteiger charge is 2.51. The standard InChI is InChI=1S/C40H36BrCl2FN6O3/c1-19-26-15-31(30-14-24(18-49(30)40(51)20-8-9-20)53-32-13-23(41)17-47-39(32)52-2)50(37-22-12-29(37)46-16-22)38(26)27-11-21(5-4-10-45)33(35(44)36(27)48-19)25-6-3-7-28(42)34(25)43/h3,6-7,11,13,15,17,20,22,24,29-30,37,46H,4-5,8-9,12,14,16,18H2,1-2H3. The zero-order valence-corrected chi connectivity index (χ0v) is 32.2. The zero-order chi connectivity index (χ0) is 36.7. The predicted octanol–water partition coefficient (Wildman–Crippen LogP) is 8.90. The van der Waals surface area contributed by atoms with Gasteiger partial charge in [0, 0.05) is 81.4 Å². The maximum atomic E-state index is 17.2. The Morgan fingerprint density at radius 1 is 1.19 bits per heavy atom. The van der Waals surface area contributed by atoms with E-state index in [1.165, 1.54) is 0 Å². The normalized spacial score (nSPS) is 23.4. The molecule has 13 heteroatoms. The van der Waals surface area contributed by atoms with Gasteiger partial charge in [0.2, 0.25) is 5.91 Å². The number of nitrogens with zero attached hydrogens (tertiary/aromatic N) is 5. The van der Waals surface area contributed by atoms with Crippen molar-refractivity contribution in [2.24, 2.45) is 11.8 Å². The fraction of sp³-hybridized carbons (Fsp3) is 0.400. The molecule has 9 nitrogen and oxygen atoms in total. The highest BCUT2D eigenvalue weighted by atomic mass is 79.9. The van der Waals surface area contributed by atoms with E-state index in [1.807, 2.05) is 24.0 Å². The number of likely N-dealkylation sites (tertiary alicyclic amines) is 1. The van der Waals surface area contributed by atoms with Gasteiger partial charge >= 0.3 is 0 Å². The van der Waals surface area contributed by atoms with E-state index in [4.69, 9.17) is 37.7 Å². The van der Waals surface area contributed by atoms with E-state index < -0.39 is 5.82 Å². The molecular formula is C40H36BrCl2FN6O3. The first-order chi connectivity index (χ1) is 25.7. The van der Waals surface area contributed by atoms with Crippen LogP contribution in [0.25, 0.3) is 32.9 Å². The average Bonchev–Trinajstić information content (AvgIpc) is 3.43. The molecule has 3 aliphatic heterocycles. The third-order valence-electron chi connectivity index (χ3n) is 11.5. The molecule has 3 aromatic heterocycles. The fourth-order valence-corrected chi connectivity index (χ4v) is 9.60. The van der Waals surface area contributed by atoms with Gasteiger partial charge in [-0.3, -0.25) is 4.79 Å². The monoisotopic (exact) mass is 816 g/mol. The molecule has 2 aromatic carbocycles. The van der Waals surface area contributed by atoms with E-state index in [0.29, 0.717) is 69.7 Å². The molecule has 0 radical (unpaired) electrons. The van der Waals surface area contributed by atoms with Crippen LogP contribution in [0.4, 0.5) is 4.39 Å². The molecule has 5 aliphatic rings. The quantitative estimate of drug-likeness (QED) is 0.159. The van der Waals surface area contributed by atoms with Gasteiger partial charge in [-0.2, -0.15) is 5.26 Å². The second-order valence-electron chi connectivity index (χ2n) is 14.7. The topological polar surface area (TPSA) is 105 Å². The van der Waals surface area contributed by atoms with Crippen LogP contribution >= 0.6 is 39.1 Å². The van der Waals surface area contributed by atoms with Crippen LogP contribution in [-0.2, 0) is 11.2 Å². The van der Waals surface area contributed by atoms with Gasteiger partial charge in [0.25, 0.3) is 5.88 Å². The molecule has 2 bridgehead atoms. The van der Waals surface area contributed by atoms with Crippen molar-refractivity contribution in [2.75, 3.05) is 20.2 Å². The first kappa shape index (κ1) is 34.8. The predicted molar refractivity (Wildman–Crippen MR) is 205 cm³/mol. The van der Waals surface area contributed by atoms with Gasteiger partial charge in [-0.15, -0.1) is 0 Å². The molecule has 3 saturated heterocycles. The molecule has 1 N–H and O–H groups in total. The van der Waals surface area contributed by atoms with E-state index in [9.17, 15) is 10.1 Å². The smallest absolute Gasteiger partial charge is 0.256 e. The van der Waals surface area contributed by atoms with Crippen LogP contribution in [0.5, 0.6) is 11.6 Å². The van der Waals surface area contributed by atoms with Crippen LogP contribution in [0.3, 0.4) is 0 Å². The van der Waals surface area contributed by atoms with E-state index in [2.05, 4.69) is 42.9 Å². The number of pyridine rings is 2. The lowest BCUT2D eigenvalue weighted by atomic mass is 9.79. The van der Waals surface area contributed by atoms with Crippen molar-refractivity contribution < 1.29 is 18.7 Å². The van der Waals surface area contributed by atoms with Crippen molar-refractivity contribution in [1.29, 1.82) is 5.26 Å². The van der Waals surface area contributed by atoms with Crippen LogP contribution in [0, 0.1) is 35.9 Å². The highest BCUT2D eigenvalue weighted by Crippen LogP contribution is 2.51. The van der Waals surface area contributed by atoms with Gasteiger partial charge in [0.05, 0.1) is 47.4 Å². The van der Waals surface area contributed by atoms with Gasteiger partial charge in [-0.25, -0.2) is 14.4 Å². The van der Waals surface area contributed by atoms with Crippen molar-refractivity contribution in [1.82, 2.24) is 24.8 Å². The summed E-state index contributed by atoms with van der Waals surface area (Å²) in [5, 5.41) is 15.5. The zero-order valence-electron chi connectivity index (χ0n) is 29.1. The van der Waals surface area contributed by atoms with Gasteiger partial charge in [0.15, 0.2) is 11.6 Å². The summed E-state index contributed by atoms with van der Waals surface area (Å²) in [7, 11) is 1.56. The van der Waals surface area contributed by atoms with Gasteiger partial charge in [-0.1, -0.05) is 35.3 Å². The number of carbonyl (C=O) groups is 1. The number of halogens is 4. The molecule has 6 heterocycles. The van der Waals surface area contributed by atoms with Crippen LogP contribution in [0.1, 0.15) is 61.1 Å². The van der Waals surface area contributed by atoms with Crippen LogP contribution in [0.15, 0.2) is 47.1 Å². The summed E-state index contributed by atoms with van der Waals surface area (Å²) in [4.78, 5) is 25.4. The molecule has 0 spiro atoms. The minimum absolute atomic E-state index is 0.00968. The number of aromatic nitrogens is 3. The number of rotatable bonds is 9. The molecular weight excluding hydrogens is 782 g/mol. The van der Waals surface area contributed by atoms with Gasteiger partial charge in [0.1, 0.15) is 11.6 Å². The van der Waals surface area contributed by atoms with Crippen molar-refractivity contribution in [2.45, 2.75) is 69.7 Å². The number of fused-ring (bicyclic) bond motifs is 4. The Labute approximate surface area is 324 Å². The Balaban J connectivity index is 1.25. The van der Waals surface area contributed by atoms with E-state index in [-0.39, 0.29) is 53.0 Å². The number of nitriles is 1. The first-order valence-corrected chi connectivity index (χ1v) is 19.6. The number of ether oxygens (including phenoxy) is 2. The maximum Gasteiger partial charge on any atom is 0.256 e. The Morgan fingerprint density at radius 2 is 2.02 bits per heavy atom. The third kappa shape index (κ3) is 5.76. The van der Waals surface area contributed by atoms with Crippen LogP contribution in [-0.4, -0.2) is 57.7 Å². The number of benzene rings is 2. The lowest BCUT2D eigenvalue weighted by Gasteiger charge is -2.39.